The molecule has 0 bridgehead atoms. The van der Waals surface area contributed by atoms with Gasteiger partial charge in [-0.05, 0) is 39.0 Å². The quantitative estimate of drug-likeness (QED) is 0.753. The molecule has 144 valence electrons. The molecule has 0 unspecified atom stereocenters. The van der Waals surface area contributed by atoms with Crippen LogP contribution in [0.5, 0.6) is 0 Å². The molecule has 0 radical (unpaired) electrons. The van der Waals surface area contributed by atoms with Gasteiger partial charge in [0.2, 0.25) is 5.91 Å². The molecular weight excluding hydrogens is 334 g/mol. The Morgan fingerprint density at radius 2 is 2.00 bits per heavy atom. The van der Waals surface area contributed by atoms with Crippen LogP contribution in [0.15, 0.2) is 12.4 Å². The lowest BCUT2D eigenvalue weighted by atomic mass is 9.81. The van der Waals surface area contributed by atoms with Crippen molar-refractivity contribution in [1.82, 2.24) is 14.7 Å². The Labute approximate surface area is 154 Å². The van der Waals surface area contributed by atoms with E-state index in [9.17, 15) is 9.59 Å². The minimum absolute atomic E-state index is 0.162. The number of nitrogens with zero attached hydrogens (tertiary/aromatic N) is 3. The second kappa shape index (κ2) is 8.20. The summed E-state index contributed by atoms with van der Waals surface area (Å²) in [6, 6.07) is 0.162. The first-order valence-electron chi connectivity index (χ1n) is 9.70. The molecule has 0 aromatic carbocycles. The number of amides is 1. The summed E-state index contributed by atoms with van der Waals surface area (Å²) in [5, 5.41) is 13.2. The molecule has 2 heterocycles. The summed E-state index contributed by atoms with van der Waals surface area (Å²) in [7, 11) is 0. The molecule has 1 aromatic heterocycles. The molecular formula is C19H29N3O4. The second-order valence-electron chi connectivity index (χ2n) is 7.47. The van der Waals surface area contributed by atoms with Crippen LogP contribution < -0.4 is 0 Å². The summed E-state index contributed by atoms with van der Waals surface area (Å²) < 4.78 is 7.27. The molecule has 1 saturated heterocycles. The molecule has 1 saturated carbocycles. The summed E-state index contributed by atoms with van der Waals surface area (Å²) >= 11 is 0. The van der Waals surface area contributed by atoms with Crippen molar-refractivity contribution in [3.8, 4) is 0 Å². The number of carbonyl (C=O) groups is 2. The van der Waals surface area contributed by atoms with Crippen molar-refractivity contribution in [3.63, 3.8) is 0 Å². The van der Waals surface area contributed by atoms with E-state index in [4.69, 9.17) is 9.84 Å². The minimum Gasteiger partial charge on any atom is -0.478 e. The van der Waals surface area contributed by atoms with Crippen LogP contribution in [-0.2, 0) is 9.53 Å². The van der Waals surface area contributed by atoms with Crippen molar-refractivity contribution in [2.75, 3.05) is 26.3 Å². The van der Waals surface area contributed by atoms with Crippen molar-refractivity contribution >= 4 is 11.9 Å². The van der Waals surface area contributed by atoms with Gasteiger partial charge in [-0.15, -0.1) is 0 Å². The van der Waals surface area contributed by atoms with E-state index in [1.807, 2.05) is 11.8 Å². The van der Waals surface area contributed by atoms with Gasteiger partial charge in [0.25, 0.3) is 0 Å². The maximum Gasteiger partial charge on any atom is 0.338 e. The molecule has 1 N–H and O–H groups in total. The summed E-state index contributed by atoms with van der Waals surface area (Å²) in [5.74, 6) is -0.666. The molecule has 1 aromatic rings. The third kappa shape index (κ3) is 3.92. The predicted molar refractivity (Wildman–Crippen MR) is 96.0 cm³/mol. The van der Waals surface area contributed by atoms with Gasteiger partial charge in [0, 0.05) is 32.5 Å². The number of ether oxygens (including phenoxy) is 1. The molecule has 1 amide bonds. The molecule has 1 aliphatic heterocycles. The van der Waals surface area contributed by atoms with Crippen LogP contribution in [0.3, 0.4) is 0 Å². The van der Waals surface area contributed by atoms with Crippen molar-refractivity contribution in [2.24, 2.45) is 5.41 Å². The van der Waals surface area contributed by atoms with E-state index in [-0.39, 0.29) is 17.0 Å². The minimum atomic E-state index is -0.957. The van der Waals surface area contributed by atoms with Crippen LogP contribution in [0, 0.1) is 5.41 Å². The molecule has 2 fully saturated rings. The van der Waals surface area contributed by atoms with Gasteiger partial charge in [0.05, 0.1) is 23.2 Å². The average Bonchev–Trinajstić information content (AvgIpc) is 3.32. The van der Waals surface area contributed by atoms with E-state index in [2.05, 4.69) is 5.10 Å². The maximum atomic E-state index is 13.2. The zero-order valence-corrected chi connectivity index (χ0v) is 15.5. The summed E-state index contributed by atoms with van der Waals surface area (Å²) in [6.45, 7) is 4.76. The average molecular weight is 363 g/mol. The lowest BCUT2D eigenvalue weighted by Gasteiger charge is -2.38. The maximum absolute atomic E-state index is 13.2. The smallest absolute Gasteiger partial charge is 0.338 e. The van der Waals surface area contributed by atoms with Crippen LogP contribution in [-0.4, -0.2) is 58.0 Å². The number of aromatic nitrogens is 2. The number of aromatic carboxylic acids is 1. The fourth-order valence-corrected chi connectivity index (χ4v) is 4.35. The van der Waals surface area contributed by atoms with E-state index in [0.29, 0.717) is 32.2 Å². The Kier molecular flexibility index (Phi) is 5.96. The summed E-state index contributed by atoms with van der Waals surface area (Å²) in [6.07, 6.45) is 9.62. The zero-order chi connectivity index (χ0) is 18.6. The number of rotatable bonds is 7. The SMILES string of the molecule is CCOCCC1(C(=O)N2CCC(n3cc(C(=O)O)cn3)CC2)CCCC1. The van der Waals surface area contributed by atoms with Gasteiger partial charge in [-0.3, -0.25) is 9.48 Å². The third-order valence-electron chi connectivity index (χ3n) is 5.92. The van der Waals surface area contributed by atoms with Gasteiger partial charge in [0.15, 0.2) is 0 Å². The van der Waals surface area contributed by atoms with Gasteiger partial charge in [-0.25, -0.2) is 4.79 Å². The van der Waals surface area contributed by atoms with Gasteiger partial charge < -0.3 is 14.7 Å². The number of carboxylic acids is 1. The molecule has 3 rings (SSSR count). The Morgan fingerprint density at radius 1 is 1.31 bits per heavy atom. The van der Waals surface area contributed by atoms with E-state index in [1.165, 1.54) is 6.20 Å². The molecule has 1 aliphatic carbocycles. The van der Waals surface area contributed by atoms with Gasteiger partial charge in [-0.1, -0.05) is 12.8 Å². The van der Waals surface area contributed by atoms with E-state index >= 15 is 0 Å². The normalized spacial score (nSPS) is 20.4. The van der Waals surface area contributed by atoms with Crippen molar-refractivity contribution in [1.29, 1.82) is 0 Å². The molecule has 7 heteroatoms. The van der Waals surface area contributed by atoms with Crippen LogP contribution in [0.4, 0.5) is 0 Å². The monoisotopic (exact) mass is 363 g/mol. The first-order valence-corrected chi connectivity index (χ1v) is 9.70. The highest BCUT2D eigenvalue weighted by Crippen LogP contribution is 2.43. The number of carbonyl (C=O) groups excluding carboxylic acids is 1. The second-order valence-corrected chi connectivity index (χ2v) is 7.47. The van der Waals surface area contributed by atoms with Crippen molar-refractivity contribution in [2.45, 2.75) is 57.9 Å². The van der Waals surface area contributed by atoms with E-state index in [1.54, 1.807) is 10.9 Å². The molecule has 0 spiro atoms. The fraction of sp³-hybridized carbons (Fsp3) is 0.737. The number of piperidine rings is 1. The highest BCUT2D eigenvalue weighted by Gasteiger charge is 2.43. The van der Waals surface area contributed by atoms with Crippen LogP contribution in [0.25, 0.3) is 0 Å². The Balaban J connectivity index is 1.59. The van der Waals surface area contributed by atoms with Crippen molar-refractivity contribution < 1.29 is 19.4 Å². The first-order chi connectivity index (χ1) is 12.6. The molecule has 2 aliphatic rings. The zero-order valence-electron chi connectivity index (χ0n) is 15.5. The molecule has 0 atom stereocenters. The molecule has 7 nitrogen and oxygen atoms in total. The molecule has 26 heavy (non-hydrogen) atoms. The van der Waals surface area contributed by atoms with Crippen molar-refractivity contribution in [3.05, 3.63) is 18.0 Å². The lowest BCUT2D eigenvalue weighted by Crippen LogP contribution is -2.47. The highest BCUT2D eigenvalue weighted by molar-refractivity contribution is 5.86. The van der Waals surface area contributed by atoms with E-state index in [0.717, 1.165) is 44.9 Å². The van der Waals surface area contributed by atoms with Crippen LogP contribution in [0.1, 0.15) is 68.3 Å². The number of likely N-dealkylation sites (tertiary alicyclic amines) is 1. The third-order valence-corrected chi connectivity index (χ3v) is 5.92. The number of hydrogen-bond donors (Lipinski definition) is 1. The fourth-order valence-electron chi connectivity index (χ4n) is 4.35. The van der Waals surface area contributed by atoms with Gasteiger partial charge >= 0.3 is 5.97 Å². The van der Waals surface area contributed by atoms with Gasteiger partial charge in [0.1, 0.15) is 0 Å². The topological polar surface area (TPSA) is 84.7 Å². The highest BCUT2D eigenvalue weighted by atomic mass is 16.5. The first kappa shape index (κ1) is 18.9. The van der Waals surface area contributed by atoms with E-state index < -0.39 is 5.97 Å². The predicted octanol–water partition coefficient (Wildman–Crippen LogP) is 2.73. The Bertz CT molecular complexity index is 628. The van der Waals surface area contributed by atoms with Gasteiger partial charge in [-0.2, -0.15) is 5.10 Å². The Morgan fingerprint density at radius 3 is 2.58 bits per heavy atom. The Hall–Kier alpha value is -1.89. The largest absolute Gasteiger partial charge is 0.478 e. The number of hydrogen-bond acceptors (Lipinski definition) is 4. The van der Waals surface area contributed by atoms with Crippen LogP contribution in [0.2, 0.25) is 0 Å². The number of carboxylic acid groups (broad SMARTS) is 1. The van der Waals surface area contributed by atoms with Crippen LogP contribution >= 0.6 is 0 Å². The standard InChI is InChI=1S/C19H29N3O4/c1-2-26-12-9-19(7-3-4-8-19)18(25)21-10-5-16(6-11-21)22-14-15(13-20-22)17(23)24/h13-14,16H,2-12H2,1H3,(H,23,24). The summed E-state index contributed by atoms with van der Waals surface area (Å²) in [4.78, 5) is 26.2. The lowest BCUT2D eigenvalue weighted by molar-refractivity contribution is -0.144. The summed E-state index contributed by atoms with van der Waals surface area (Å²) in [5.41, 5.74) is -0.0196.